The van der Waals surface area contributed by atoms with E-state index in [1.54, 1.807) is 24.3 Å². The zero-order valence-corrected chi connectivity index (χ0v) is 15.0. The molecule has 3 aliphatic rings. The number of para-hydroxylation sites is 1. The summed E-state index contributed by atoms with van der Waals surface area (Å²) in [5.41, 5.74) is 0.752. The maximum atomic E-state index is 12.8. The SMILES string of the molecule is CN1CCN(C2=CC(=O)OS3(OC2=O)C(Cl)=Nc2ccccc23)CC1. The molecular weight excluding hydrogens is 366 g/mol. The summed E-state index contributed by atoms with van der Waals surface area (Å²) in [6.45, 7) is 2.85. The highest BCUT2D eigenvalue weighted by Gasteiger charge is 2.45. The highest BCUT2D eigenvalue weighted by atomic mass is 35.5. The largest absolute Gasteiger partial charge is 0.377 e. The summed E-state index contributed by atoms with van der Waals surface area (Å²) < 4.78 is 11.2. The van der Waals surface area contributed by atoms with Crippen LogP contribution in [0.1, 0.15) is 0 Å². The average Bonchev–Trinajstić information content (AvgIpc) is 2.76. The van der Waals surface area contributed by atoms with Crippen LogP contribution in [0.15, 0.2) is 45.9 Å². The van der Waals surface area contributed by atoms with E-state index in [4.69, 9.17) is 20.0 Å². The maximum Gasteiger partial charge on any atom is 0.377 e. The van der Waals surface area contributed by atoms with Crippen molar-refractivity contribution in [3.8, 4) is 0 Å². The molecule has 0 saturated carbocycles. The van der Waals surface area contributed by atoms with Crippen molar-refractivity contribution in [3.05, 3.63) is 36.0 Å². The molecule has 1 fully saturated rings. The van der Waals surface area contributed by atoms with Gasteiger partial charge in [-0.3, -0.25) is 0 Å². The van der Waals surface area contributed by atoms with Gasteiger partial charge in [-0.15, -0.1) is 0 Å². The number of hydrogen-bond acceptors (Lipinski definition) is 7. The molecule has 4 rings (SSSR count). The molecule has 0 bridgehead atoms. The van der Waals surface area contributed by atoms with Gasteiger partial charge in [0.15, 0.2) is 0 Å². The molecule has 3 heterocycles. The number of fused-ring (bicyclic) bond motifs is 2. The number of nitrogens with zero attached hydrogens (tertiary/aromatic N) is 3. The molecule has 1 saturated heterocycles. The Labute approximate surface area is 151 Å². The normalized spacial score (nSPS) is 29.1. The quantitative estimate of drug-likeness (QED) is 0.742. The molecule has 1 atom stereocenters. The van der Waals surface area contributed by atoms with E-state index in [1.807, 2.05) is 11.9 Å². The second-order valence-electron chi connectivity index (χ2n) is 5.93. The van der Waals surface area contributed by atoms with E-state index in [9.17, 15) is 9.59 Å². The molecule has 0 aromatic heterocycles. The summed E-state index contributed by atoms with van der Waals surface area (Å²) in [4.78, 5) is 33.9. The fraction of sp³-hybridized carbons (Fsp3) is 0.312. The Morgan fingerprint density at radius 1 is 1.12 bits per heavy atom. The van der Waals surface area contributed by atoms with Crippen molar-refractivity contribution in [2.45, 2.75) is 4.90 Å². The molecule has 1 aromatic rings. The number of carbonyl (C=O) groups excluding carboxylic acids is 2. The second kappa shape index (κ2) is 6.05. The lowest BCUT2D eigenvalue weighted by Gasteiger charge is -2.36. The molecule has 1 aromatic carbocycles. The van der Waals surface area contributed by atoms with E-state index in [2.05, 4.69) is 9.89 Å². The first-order valence-electron chi connectivity index (χ1n) is 7.78. The molecule has 0 radical (unpaired) electrons. The van der Waals surface area contributed by atoms with Crippen LogP contribution in [-0.2, 0) is 18.0 Å². The average molecular weight is 382 g/mol. The minimum atomic E-state index is -2.89. The molecule has 9 heteroatoms. The number of carbonyl (C=O) groups is 2. The third kappa shape index (κ3) is 2.70. The van der Waals surface area contributed by atoms with Crippen LogP contribution >= 0.6 is 22.2 Å². The van der Waals surface area contributed by atoms with Crippen molar-refractivity contribution in [1.82, 2.24) is 9.80 Å². The minimum absolute atomic E-state index is 0.0107. The Kier molecular flexibility index (Phi) is 3.98. The third-order valence-corrected chi connectivity index (χ3v) is 7.22. The lowest BCUT2D eigenvalue weighted by Crippen LogP contribution is -2.45. The summed E-state index contributed by atoms with van der Waals surface area (Å²) >= 11 is 6.26. The Balaban J connectivity index is 1.68. The Bertz CT molecular complexity index is 819. The molecule has 1 unspecified atom stereocenters. The van der Waals surface area contributed by atoms with Gasteiger partial charge < -0.3 is 18.2 Å². The number of likely N-dealkylation sites (N-methyl/N-ethyl adjacent to an activating group) is 1. The Morgan fingerprint density at radius 2 is 1.84 bits per heavy atom. The molecule has 3 aliphatic heterocycles. The highest BCUT2D eigenvalue weighted by molar-refractivity contribution is 8.41. The van der Waals surface area contributed by atoms with Gasteiger partial charge in [-0.05, 0) is 41.4 Å². The van der Waals surface area contributed by atoms with Gasteiger partial charge >= 0.3 is 11.9 Å². The number of halogens is 1. The zero-order valence-electron chi connectivity index (χ0n) is 13.5. The number of aliphatic imine (C=N–C) groups is 1. The van der Waals surface area contributed by atoms with E-state index in [-0.39, 0.29) is 10.2 Å². The number of rotatable bonds is 1. The van der Waals surface area contributed by atoms with E-state index >= 15 is 0 Å². The van der Waals surface area contributed by atoms with Crippen LogP contribution in [0.5, 0.6) is 0 Å². The van der Waals surface area contributed by atoms with Gasteiger partial charge in [-0.1, -0.05) is 12.1 Å². The van der Waals surface area contributed by atoms with E-state index in [0.29, 0.717) is 23.7 Å². The van der Waals surface area contributed by atoms with Crippen molar-refractivity contribution >= 4 is 44.3 Å². The Hall–Kier alpha value is -2.03. The van der Waals surface area contributed by atoms with Crippen LogP contribution in [0.3, 0.4) is 0 Å². The first-order valence-corrected chi connectivity index (χ1v) is 9.65. The van der Waals surface area contributed by atoms with Gasteiger partial charge in [-0.25, -0.2) is 14.6 Å². The summed E-state index contributed by atoms with van der Waals surface area (Å²) in [6.07, 6.45) is 1.19. The fourth-order valence-corrected chi connectivity index (χ4v) is 5.43. The number of benzene rings is 1. The smallest absolute Gasteiger partial charge is 0.363 e. The minimum Gasteiger partial charge on any atom is -0.363 e. The molecule has 132 valence electrons. The predicted molar refractivity (Wildman–Crippen MR) is 94.6 cm³/mol. The molecule has 7 nitrogen and oxygen atoms in total. The summed E-state index contributed by atoms with van der Waals surface area (Å²) in [5.74, 6) is -1.27. The van der Waals surface area contributed by atoms with Crippen LogP contribution in [-0.4, -0.2) is 59.5 Å². The van der Waals surface area contributed by atoms with Gasteiger partial charge in [0.2, 0.25) is 4.50 Å². The van der Waals surface area contributed by atoms with Crippen molar-refractivity contribution < 1.29 is 18.0 Å². The monoisotopic (exact) mass is 381 g/mol. The first-order chi connectivity index (χ1) is 12.0. The van der Waals surface area contributed by atoms with E-state index in [1.165, 1.54) is 6.08 Å². The molecule has 0 aliphatic carbocycles. The Morgan fingerprint density at radius 3 is 2.60 bits per heavy atom. The van der Waals surface area contributed by atoms with Gasteiger partial charge in [0, 0.05) is 26.2 Å². The number of piperazine rings is 1. The van der Waals surface area contributed by atoms with Crippen molar-refractivity contribution in [2.75, 3.05) is 33.2 Å². The fourth-order valence-electron chi connectivity index (χ4n) is 2.93. The van der Waals surface area contributed by atoms with Crippen LogP contribution in [0, 0.1) is 0 Å². The van der Waals surface area contributed by atoms with Gasteiger partial charge in [0.1, 0.15) is 10.6 Å². The van der Waals surface area contributed by atoms with Gasteiger partial charge in [0.05, 0.1) is 11.8 Å². The van der Waals surface area contributed by atoms with Gasteiger partial charge in [0.25, 0.3) is 0 Å². The lowest BCUT2D eigenvalue weighted by atomic mass is 10.2. The van der Waals surface area contributed by atoms with E-state index in [0.717, 1.165) is 13.1 Å². The molecule has 1 spiro atoms. The predicted octanol–water partition coefficient (Wildman–Crippen LogP) is 2.15. The van der Waals surface area contributed by atoms with Crippen LogP contribution in [0.25, 0.3) is 0 Å². The van der Waals surface area contributed by atoms with E-state index < -0.39 is 22.5 Å². The maximum absolute atomic E-state index is 12.8. The van der Waals surface area contributed by atoms with Crippen LogP contribution in [0.2, 0.25) is 0 Å². The molecule has 25 heavy (non-hydrogen) atoms. The third-order valence-electron chi connectivity index (χ3n) is 4.29. The first kappa shape index (κ1) is 16.4. The topological polar surface area (TPSA) is 71.4 Å². The summed E-state index contributed by atoms with van der Waals surface area (Å²) in [5, 5.41) is 0. The van der Waals surface area contributed by atoms with Crippen molar-refractivity contribution in [1.29, 1.82) is 0 Å². The zero-order chi connectivity index (χ0) is 17.6. The van der Waals surface area contributed by atoms with Crippen LogP contribution < -0.4 is 0 Å². The molecule has 0 N–H and O–H groups in total. The standard InChI is InChI=1S/C16H16ClN3O4S/c1-19-6-8-20(9-7-19)12-10-14(21)23-25(24-15(12)22)13-5-3-2-4-11(13)18-16(25)17/h2-5,10H,6-9H2,1H3. The summed E-state index contributed by atoms with van der Waals surface area (Å²) in [7, 11) is -0.880. The van der Waals surface area contributed by atoms with Crippen LogP contribution in [0.4, 0.5) is 5.69 Å². The van der Waals surface area contributed by atoms with Crippen molar-refractivity contribution in [3.63, 3.8) is 0 Å². The summed E-state index contributed by atoms with van der Waals surface area (Å²) in [6, 6.07) is 7.00. The number of hydrogen-bond donors (Lipinski definition) is 0. The highest BCUT2D eigenvalue weighted by Crippen LogP contribution is 2.67. The lowest BCUT2D eigenvalue weighted by molar-refractivity contribution is -0.131. The molecule has 0 amide bonds. The van der Waals surface area contributed by atoms with Crippen molar-refractivity contribution in [2.24, 2.45) is 4.99 Å². The van der Waals surface area contributed by atoms with Gasteiger partial charge in [-0.2, -0.15) is 0 Å². The molecular formula is C16H16ClN3O4S. The second-order valence-corrected chi connectivity index (χ2v) is 8.68.